The third-order valence-corrected chi connectivity index (χ3v) is 5.51. The maximum atomic E-state index is 13.0. The number of aromatic nitrogens is 2. The van der Waals surface area contributed by atoms with Gasteiger partial charge in [0.15, 0.2) is 6.29 Å². The Labute approximate surface area is 206 Å². The third-order valence-electron chi connectivity index (χ3n) is 5.51. The molecule has 3 atom stereocenters. The number of hydrogen-bond donors (Lipinski definition) is 3. The van der Waals surface area contributed by atoms with Crippen LogP contribution in [0.4, 0.5) is 5.82 Å². The highest BCUT2D eigenvalue weighted by atomic mass is 16.8. The molecule has 9 heteroatoms. The summed E-state index contributed by atoms with van der Waals surface area (Å²) in [6, 6.07) is 9.27. The van der Waals surface area contributed by atoms with E-state index in [1.807, 2.05) is 37.3 Å². The number of amides is 2. The monoisotopic (exact) mass is 481 g/mol. The van der Waals surface area contributed by atoms with Crippen LogP contribution in [0, 0.1) is 5.92 Å². The highest BCUT2D eigenvalue weighted by Crippen LogP contribution is 2.16. The molecule has 0 spiro atoms. The van der Waals surface area contributed by atoms with Gasteiger partial charge in [-0.25, -0.2) is 15.3 Å². The number of hydrogen-bond acceptors (Lipinski definition) is 7. The minimum Gasteiger partial charge on any atom is -0.357 e. The largest absolute Gasteiger partial charge is 0.357 e. The maximum absolute atomic E-state index is 13.0. The van der Waals surface area contributed by atoms with Crippen molar-refractivity contribution in [3.05, 3.63) is 60.1 Å². The molecule has 3 rings (SSSR count). The first-order chi connectivity index (χ1) is 16.9. The Balaban J connectivity index is 1.53. The summed E-state index contributed by atoms with van der Waals surface area (Å²) in [5.41, 5.74) is 3.91. The van der Waals surface area contributed by atoms with Gasteiger partial charge in [-0.2, -0.15) is 0 Å². The molecular formula is C26H35N5O4. The Bertz CT molecular complexity index is 959. The summed E-state index contributed by atoms with van der Waals surface area (Å²) in [6.07, 6.45) is 8.95. The average Bonchev–Trinajstić information content (AvgIpc) is 2.87. The van der Waals surface area contributed by atoms with Gasteiger partial charge in [0, 0.05) is 19.1 Å². The predicted molar refractivity (Wildman–Crippen MR) is 134 cm³/mol. The first kappa shape index (κ1) is 26.3. The molecule has 2 amide bonds. The fourth-order valence-electron chi connectivity index (χ4n) is 3.64. The minimum atomic E-state index is -0.457. The topological polar surface area (TPSA) is 114 Å². The molecule has 0 saturated carbocycles. The van der Waals surface area contributed by atoms with E-state index in [1.54, 1.807) is 6.20 Å². The third kappa shape index (κ3) is 9.11. The summed E-state index contributed by atoms with van der Waals surface area (Å²) in [5, 5.41) is 6.27. The lowest BCUT2D eigenvalue weighted by Crippen LogP contribution is -2.41. The summed E-state index contributed by atoms with van der Waals surface area (Å²) < 4.78 is 5.40. The number of anilines is 1. The fourth-order valence-corrected chi connectivity index (χ4v) is 3.64. The molecule has 3 N–H and O–H groups in total. The average molecular weight is 482 g/mol. The Morgan fingerprint density at radius 1 is 1.14 bits per heavy atom. The second kappa shape index (κ2) is 13.6. The lowest BCUT2D eigenvalue weighted by atomic mass is 10.0. The van der Waals surface area contributed by atoms with Crippen LogP contribution in [0.5, 0.6) is 0 Å². The predicted octanol–water partition coefficient (Wildman–Crippen LogP) is 3.77. The number of rotatable bonds is 11. The van der Waals surface area contributed by atoms with Crippen LogP contribution in [0.25, 0.3) is 6.08 Å². The summed E-state index contributed by atoms with van der Waals surface area (Å²) in [5.74, 6) is 0.279. The number of hydroxylamine groups is 1. The summed E-state index contributed by atoms with van der Waals surface area (Å²) in [7, 11) is 0. The van der Waals surface area contributed by atoms with Gasteiger partial charge < -0.3 is 15.4 Å². The molecule has 1 aliphatic heterocycles. The van der Waals surface area contributed by atoms with Gasteiger partial charge in [0.1, 0.15) is 11.9 Å². The molecule has 0 bridgehead atoms. The standard InChI is InChI=1S/C26H35N5O4/c1-18(2)15-22(26(33)29-19(3)20-9-5-4-6-10-20)30-23-17-27-21(16-28-23)12-13-24(32)31-35-25-11-7-8-14-34-25/h4-6,9-10,12-13,16-19,22,25H,7-8,11,14-15H2,1-3H3,(H,28,30)(H,29,33)(H,31,32)/t19-,22+,25?/m0/s1. The summed E-state index contributed by atoms with van der Waals surface area (Å²) in [4.78, 5) is 38.9. The molecule has 1 fully saturated rings. The molecule has 1 aromatic carbocycles. The zero-order valence-corrected chi connectivity index (χ0v) is 20.6. The highest BCUT2D eigenvalue weighted by Gasteiger charge is 2.22. The molecule has 0 aliphatic carbocycles. The Morgan fingerprint density at radius 3 is 2.60 bits per heavy atom. The van der Waals surface area contributed by atoms with E-state index in [-0.39, 0.29) is 11.9 Å². The highest BCUT2D eigenvalue weighted by molar-refractivity contribution is 5.90. The van der Waals surface area contributed by atoms with Gasteiger partial charge >= 0.3 is 0 Å². The molecule has 9 nitrogen and oxygen atoms in total. The SMILES string of the molecule is CC(C)C[C@@H](Nc1cnc(C=CC(=O)NOC2CCCCO2)cn1)C(=O)N[C@@H](C)c1ccccc1. The van der Waals surface area contributed by atoms with E-state index in [0.717, 1.165) is 24.8 Å². The van der Waals surface area contributed by atoms with E-state index in [0.29, 0.717) is 30.5 Å². The van der Waals surface area contributed by atoms with Crippen molar-refractivity contribution in [2.75, 3.05) is 11.9 Å². The van der Waals surface area contributed by atoms with Crippen LogP contribution in [0.15, 0.2) is 48.8 Å². The number of nitrogens with zero attached hydrogens (tertiary/aromatic N) is 2. The number of carbonyl (C=O) groups excluding carboxylic acids is 2. The molecule has 0 radical (unpaired) electrons. The molecule has 35 heavy (non-hydrogen) atoms. The van der Waals surface area contributed by atoms with Crippen LogP contribution >= 0.6 is 0 Å². The summed E-state index contributed by atoms with van der Waals surface area (Å²) in [6.45, 7) is 6.73. The van der Waals surface area contributed by atoms with Crippen molar-refractivity contribution in [2.45, 2.75) is 64.8 Å². The quantitative estimate of drug-likeness (QED) is 0.331. The zero-order valence-electron chi connectivity index (χ0n) is 20.6. The molecule has 1 unspecified atom stereocenters. The molecule has 1 saturated heterocycles. The second-order valence-electron chi connectivity index (χ2n) is 9.01. The van der Waals surface area contributed by atoms with Crippen molar-refractivity contribution >= 4 is 23.7 Å². The van der Waals surface area contributed by atoms with E-state index < -0.39 is 18.2 Å². The summed E-state index contributed by atoms with van der Waals surface area (Å²) >= 11 is 0. The minimum absolute atomic E-state index is 0.0977. The number of nitrogens with one attached hydrogen (secondary N) is 3. The van der Waals surface area contributed by atoms with E-state index in [4.69, 9.17) is 9.57 Å². The van der Waals surface area contributed by atoms with Crippen molar-refractivity contribution in [1.29, 1.82) is 0 Å². The number of benzene rings is 1. The van der Waals surface area contributed by atoms with Gasteiger partial charge in [-0.1, -0.05) is 44.2 Å². The van der Waals surface area contributed by atoms with Crippen molar-refractivity contribution in [2.24, 2.45) is 5.92 Å². The van der Waals surface area contributed by atoms with Crippen LogP contribution in [0.1, 0.15) is 63.8 Å². The van der Waals surface area contributed by atoms with Gasteiger partial charge in [-0.05, 0) is 43.7 Å². The van der Waals surface area contributed by atoms with Crippen molar-refractivity contribution < 1.29 is 19.2 Å². The smallest absolute Gasteiger partial charge is 0.267 e. The number of ether oxygens (including phenoxy) is 1. The van der Waals surface area contributed by atoms with Gasteiger partial charge in [-0.3, -0.25) is 14.6 Å². The van der Waals surface area contributed by atoms with E-state index in [2.05, 4.69) is 39.9 Å². The molecule has 2 heterocycles. The molecule has 2 aromatic rings. The Morgan fingerprint density at radius 2 is 1.94 bits per heavy atom. The first-order valence-electron chi connectivity index (χ1n) is 12.1. The lowest BCUT2D eigenvalue weighted by Gasteiger charge is -2.23. The van der Waals surface area contributed by atoms with Crippen molar-refractivity contribution in [3.63, 3.8) is 0 Å². The van der Waals surface area contributed by atoms with Crippen LogP contribution in [0.2, 0.25) is 0 Å². The van der Waals surface area contributed by atoms with Crippen LogP contribution < -0.4 is 16.1 Å². The van der Waals surface area contributed by atoms with E-state index >= 15 is 0 Å². The molecule has 1 aromatic heterocycles. The Kier molecular flexibility index (Phi) is 10.2. The van der Waals surface area contributed by atoms with Crippen molar-refractivity contribution in [1.82, 2.24) is 20.8 Å². The van der Waals surface area contributed by atoms with Gasteiger partial charge in [0.25, 0.3) is 5.91 Å². The van der Waals surface area contributed by atoms with Gasteiger partial charge in [0.05, 0.1) is 24.1 Å². The van der Waals surface area contributed by atoms with Gasteiger partial charge in [0.2, 0.25) is 5.91 Å². The zero-order chi connectivity index (χ0) is 25.0. The van der Waals surface area contributed by atoms with Crippen LogP contribution in [0.3, 0.4) is 0 Å². The number of carbonyl (C=O) groups is 2. The first-order valence-corrected chi connectivity index (χ1v) is 12.1. The normalized spacial score (nSPS) is 17.7. The molecular weight excluding hydrogens is 446 g/mol. The lowest BCUT2D eigenvalue weighted by molar-refractivity contribution is -0.198. The van der Waals surface area contributed by atoms with Gasteiger partial charge in [-0.15, -0.1) is 0 Å². The second-order valence-corrected chi connectivity index (χ2v) is 9.01. The Hall–Kier alpha value is -3.30. The van der Waals surface area contributed by atoms with Crippen LogP contribution in [-0.4, -0.2) is 40.7 Å². The van der Waals surface area contributed by atoms with Crippen molar-refractivity contribution in [3.8, 4) is 0 Å². The molecule has 188 valence electrons. The fraction of sp³-hybridized carbons (Fsp3) is 0.462. The molecule has 1 aliphatic rings. The van der Waals surface area contributed by atoms with E-state index in [1.165, 1.54) is 18.3 Å². The van der Waals surface area contributed by atoms with E-state index in [9.17, 15) is 9.59 Å². The van der Waals surface area contributed by atoms with Crippen LogP contribution in [-0.2, 0) is 19.2 Å². The maximum Gasteiger partial charge on any atom is 0.267 e.